The van der Waals surface area contributed by atoms with Gasteiger partial charge in [-0.1, -0.05) is 115 Å². The highest BCUT2D eigenvalue weighted by Gasteiger charge is 2.41. The highest BCUT2D eigenvalue weighted by Crippen LogP contribution is 2.51. The molecule has 3 heteroatoms. The van der Waals surface area contributed by atoms with Gasteiger partial charge in [-0.2, -0.15) is 0 Å². The molecule has 0 radical (unpaired) electrons. The van der Waals surface area contributed by atoms with E-state index in [1.807, 2.05) is 42.1 Å². The monoisotopic (exact) mass is 473 g/mol. The molecule has 35 heavy (non-hydrogen) atoms. The van der Waals surface area contributed by atoms with Crippen LogP contribution in [0.15, 0.2) is 121 Å². The van der Waals surface area contributed by atoms with Crippen LogP contribution in [0.5, 0.6) is 0 Å². The Hall–Kier alpha value is -3.58. The zero-order valence-corrected chi connectivity index (χ0v) is 20.2. The van der Waals surface area contributed by atoms with Crippen molar-refractivity contribution in [2.75, 3.05) is 6.54 Å². The smallest absolute Gasteiger partial charge is 0.222 e. The van der Waals surface area contributed by atoms with Crippen LogP contribution in [0.25, 0.3) is 0 Å². The third-order valence-corrected chi connectivity index (χ3v) is 8.15. The summed E-state index contributed by atoms with van der Waals surface area (Å²) in [6, 6.07) is 41.5. The van der Waals surface area contributed by atoms with Gasteiger partial charge in [0.15, 0.2) is 0 Å². The summed E-state index contributed by atoms with van der Waals surface area (Å²) in [5.74, 6) is 5.83. The molecule has 5 rings (SSSR count). The number of thioether (sulfide) groups is 1. The van der Waals surface area contributed by atoms with Gasteiger partial charge < -0.3 is 5.32 Å². The Morgan fingerprint density at radius 2 is 1.17 bits per heavy atom. The predicted octanol–water partition coefficient (Wildman–Crippen LogP) is 6.06. The van der Waals surface area contributed by atoms with Crippen LogP contribution in [-0.4, -0.2) is 23.6 Å². The summed E-state index contributed by atoms with van der Waals surface area (Å²) in [5, 5.41) is 3.70. The Bertz CT molecular complexity index is 1210. The van der Waals surface area contributed by atoms with Gasteiger partial charge in [0.2, 0.25) is 5.78 Å². The van der Waals surface area contributed by atoms with Crippen LogP contribution in [0.2, 0.25) is 0 Å². The first kappa shape index (κ1) is 23.2. The van der Waals surface area contributed by atoms with Crippen molar-refractivity contribution in [3.05, 3.63) is 144 Å². The zero-order chi connectivity index (χ0) is 23.9. The first-order valence-electron chi connectivity index (χ1n) is 11.9. The first-order chi connectivity index (χ1) is 17.3. The summed E-state index contributed by atoms with van der Waals surface area (Å²) in [7, 11) is 0. The molecule has 1 aliphatic heterocycles. The fraction of sp³-hybridized carbons (Fsp3) is 0.156. The van der Waals surface area contributed by atoms with Crippen molar-refractivity contribution in [1.29, 1.82) is 0 Å². The highest BCUT2D eigenvalue weighted by molar-refractivity contribution is 8.01. The van der Waals surface area contributed by atoms with Crippen LogP contribution in [0, 0.1) is 11.8 Å². The van der Waals surface area contributed by atoms with E-state index in [4.69, 9.17) is 0 Å². The molecular formula is C32H27NOS. The Morgan fingerprint density at radius 3 is 1.66 bits per heavy atom. The quantitative estimate of drug-likeness (QED) is 0.272. The van der Waals surface area contributed by atoms with Crippen molar-refractivity contribution in [2.24, 2.45) is 0 Å². The van der Waals surface area contributed by atoms with Crippen molar-refractivity contribution < 1.29 is 4.79 Å². The van der Waals surface area contributed by atoms with Crippen LogP contribution in [0.4, 0.5) is 0 Å². The summed E-state index contributed by atoms with van der Waals surface area (Å²) in [6.07, 6.45) is 0.751. The molecule has 2 nitrogen and oxygen atoms in total. The molecule has 0 spiro atoms. The fourth-order valence-corrected chi connectivity index (χ4v) is 6.49. The molecule has 0 aromatic heterocycles. The van der Waals surface area contributed by atoms with Crippen LogP contribution >= 0.6 is 11.8 Å². The van der Waals surface area contributed by atoms with E-state index in [2.05, 4.69) is 108 Å². The number of nitrogens with one attached hydrogen (secondary N) is 1. The average Bonchev–Trinajstić information content (AvgIpc) is 3.41. The Labute approximate surface area is 211 Å². The van der Waals surface area contributed by atoms with Crippen molar-refractivity contribution >= 4 is 17.5 Å². The minimum atomic E-state index is -0.385. The molecule has 1 N–H and O–H groups in total. The molecule has 1 fully saturated rings. The summed E-state index contributed by atoms with van der Waals surface area (Å²) < 4.78 is -0.385. The second-order valence-electron chi connectivity index (χ2n) is 8.70. The highest BCUT2D eigenvalue weighted by atomic mass is 32.2. The minimum Gasteiger partial charge on any atom is -0.305 e. The molecule has 1 saturated heterocycles. The number of hydrogen-bond acceptors (Lipinski definition) is 3. The lowest BCUT2D eigenvalue weighted by molar-refractivity contribution is -0.115. The lowest BCUT2D eigenvalue weighted by Crippen LogP contribution is -2.29. The van der Waals surface area contributed by atoms with Crippen LogP contribution in [0.3, 0.4) is 0 Å². The zero-order valence-electron chi connectivity index (χ0n) is 19.4. The third-order valence-electron chi connectivity index (χ3n) is 6.40. The second kappa shape index (κ2) is 10.8. The molecule has 2 atom stereocenters. The predicted molar refractivity (Wildman–Crippen MR) is 145 cm³/mol. The van der Waals surface area contributed by atoms with E-state index in [1.165, 1.54) is 16.7 Å². The number of carbonyl (C=O) groups is 1. The van der Waals surface area contributed by atoms with Crippen molar-refractivity contribution in [3.8, 4) is 11.8 Å². The average molecular weight is 474 g/mol. The Balaban J connectivity index is 1.46. The summed E-state index contributed by atoms with van der Waals surface area (Å²) in [4.78, 5) is 12.9. The molecule has 0 aliphatic carbocycles. The summed E-state index contributed by atoms with van der Waals surface area (Å²) in [5.41, 5.74) is 4.57. The van der Waals surface area contributed by atoms with Crippen LogP contribution in [0.1, 0.15) is 28.7 Å². The molecule has 0 saturated carbocycles. The van der Waals surface area contributed by atoms with Crippen LogP contribution in [-0.2, 0) is 9.54 Å². The molecule has 1 heterocycles. The van der Waals surface area contributed by atoms with Gasteiger partial charge in [-0.3, -0.25) is 4.79 Å². The topological polar surface area (TPSA) is 29.1 Å². The van der Waals surface area contributed by atoms with Gasteiger partial charge in [0.05, 0.1) is 10.8 Å². The van der Waals surface area contributed by atoms with E-state index in [9.17, 15) is 4.79 Å². The summed E-state index contributed by atoms with van der Waals surface area (Å²) >= 11 is 1.93. The molecule has 172 valence electrons. The maximum absolute atomic E-state index is 12.9. The van der Waals surface area contributed by atoms with Crippen molar-refractivity contribution in [3.63, 3.8) is 0 Å². The molecular weight excluding hydrogens is 446 g/mol. The maximum atomic E-state index is 12.9. The Morgan fingerprint density at radius 1 is 0.714 bits per heavy atom. The number of hydrogen-bond donors (Lipinski definition) is 1. The largest absolute Gasteiger partial charge is 0.305 e. The number of carbonyl (C=O) groups excluding carboxylic acids is 1. The van der Waals surface area contributed by atoms with Crippen LogP contribution < -0.4 is 5.32 Å². The van der Waals surface area contributed by atoms with Gasteiger partial charge >= 0.3 is 0 Å². The number of rotatable bonds is 6. The normalized spacial score (nSPS) is 17.4. The van der Waals surface area contributed by atoms with E-state index < -0.39 is 0 Å². The molecule has 0 unspecified atom stereocenters. The minimum absolute atomic E-state index is 0.0401. The van der Waals surface area contributed by atoms with Crippen molar-refractivity contribution in [1.82, 2.24) is 5.32 Å². The van der Waals surface area contributed by atoms with E-state index in [-0.39, 0.29) is 21.8 Å². The molecule has 4 aromatic rings. The first-order valence-corrected chi connectivity index (χ1v) is 12.8. The van der Waals surface area contributed by atoms with Crippen molar-refractivity contribution in [2.45, 2.75) is 22.5 Å². The van der Waals surface area contributed by atoms with Gasteiger partial charge in [0, 0.05) is 17.4 Å². The Kier molecular flexibility index (Phi) is 7.14. The van der Waals surface area contributed by atoms with Gasteiger partial charge in [0.25, 0.3) is 0 Å². The number of benzene rings is 4. The molecule has 0 bridgehead atoms. The third kappa shape index (κ3) is 5.10. The van der Waals surface area contributed by atoms with E-state index >= 15 is 0 Å². The molecule has 4 aromatic carbocycles. The standard InChI is InChI=1S/C32H27NOS/c34-31(22-21-25-13-5-1-6-14-25)30-23-29(24-33-30)35-32(26-15-7-2-8-16-26,27-17-9-3-10-18-27)28-19-11-4-12-20-28/h1-20,29-30,33H,23-24H2/t29-,30+/m1/s1. The second-order valence-corrected chi connectivity index (χ2v) is 10.2. The number of Topliss-reactive ketones (excluding diaryl/α,β-unsaturated/α-hetero) is 1. The van der Waals surface area contributed by atoms with Gasteiger partial charge in [-0.15, -0.1) is 11.8 Å². The number of ketones is 1. The maximum Gasteiger partial charge on any atom is 0.222 e. The fourth-order valence-electron chi connectivity index (χ4n) is 4.71. The van der Waals surface area contributed by atoms with E-state index in [0.717, 1.165) is 18.5 Å². The van der Waals surface area contributed by atoms with Gasteiger partial charge in [-0.25, -0.2) is 0 Å². The lowest BCUT2D eigenvalue weighted by atomic mass is 9.84. The summed E-state index contributed by atoms with van der Waals surface area (Å²) in [6.45, 7) is 0.766. The SMILES string of the molecule is O=C(C#Cc1ccccc1)[C@@H]1C[C@@H](SC(c2ccccc2)(c2ccccc2)c2ccccc2)CN1. The van der Waals surface area contributed by atoms with E-state index in [1.54, 1.807) is 0 Å². The van der Waals surface area contributed by atoms with Gasteiger partial charge in [-0.05, 0) is 41.2 Å². The van der Waals surface area contributed by atoms with Gasteiger partial charge in [0.1, 0.15) is 0 Å². The van der Waals surface area contributed by atoms with E-state index in [0.29, 0.717) is 0 Å². The molecule has 0 amide bonds. The molecule has 1 aliphatic rings. The lowest BCUT2D eigenvalue weighted by Gasteiger charge is -2.37.